The van der Waals surface area contributed by atoms with Crippen LogP contribution in [0, 0.1) is 5.92 Å². The van der Waals surface area contributed by atoms with Crippen LogP contribution in [0.5, 0.6) is 0 Å². The molecule has 1 atom stereocenters. The zero-order valence-corrected chi connectivity index (χ0v) is 17.6. The fourth-order valence-electron chi connectivity index (χ4n) is 3.40. The van der Waals surface area contributed by atoms with Crippen molar-refractivity contribution in [1.82, 2.24) is 15.5 Å². The Labute approximate surface area is 171 Å². The largest absolute Gasteiger partial charge is 0.381 e. The molecule has 0 aromatic carbocycles. The Bertz CT molecular complexity index is 643. The van der Waals surface area contributed by atoms with Crippen LogP contribution in [0.25, 0.3) is 0 Å². The molecule has 1 saturated heterocycles. The number of nitrogens with one attached hydrogen (secondary N) is 2. The minimum atomic E-state index is 0.0798. The average Bonchev–Trinajstić information content (AvgIpc) is 3.39. The van der Waals surface area contributed by atoms with Gasteiger partial charge in [0.15, 0.2) is 5.96 Å². The van der Waals surface area contributed by atoms with Crippen molar-refractivity contribution in [3.63, 3.8) is 0 Å². The molecule has 1 unspecified atom stereocenters. The molecule has 0 radical (unpaired) electrons. The van der Waals surface area contributed by atoms with Crippen LogP contribution in [0.2, 0.25) is 0 Å². The molecule has 3 heterocycles. The maximum Gasteiger partial charge on any atom is 0.244 e. The molecule has 0 aliphatic carbocycles. The van der Waals surface area contributed by atoms with E-state index in [1.807, 2.05) is 11.8 Å². The Morgan fingerprint density at radius 1 is 1.46 bits per heavy atom. The van der Waals surface area contributed by atoms with Gasteiger partial charge >= 0.3 is 0 Å². The molecule has 0 bridgehead atoms. The van der Waals surface area contributed by atoms with Gasteiger partial charge in [0.25, 0.3) is 0 Å². The second kappa shape index (κ2) is 11.4. The number of thiophene rings is 1. The lowest BCUT2D eigenvalue weighted by atomic mass is 10.1. The standard InChI is InChI=1S/C20H32N4O3S/c1-2-21-20(22-7-3-9-26-14-16-5-10-27-15-16)23-12-19(25)24-8-4-18-17(13-24)6-11-28-18/h6,11,16H,2-5,7-10,12-15H2,1H3,(H2,21,22,23). The highest BCUT2D eigenvalue weighted by atomic mass is 32.1. The van der Waals surface area contributed by atoms with Gasteiger partial charge < -0.3 is 25.0 Å². The topological polar surface area (TPSA) is 75.2 Å². The summed E-state index contributed by atoms with van der Waals surface area (Å²) in [4.78, 5) is 20.3. The monoisotopic (exact) mass is 408 g/mol. The van der Waals surface area contributed by atoms with Crippen molar-refractivity contribution in [3.8, 4) is 0 Å². The van der Waals surface area contributed by atoms with Crippen molar-refractivity contribution in [1.29, 1.82) is 0 Å². The Morgan fingerprint density at radius 3 is 3.21 bits per heavy atom. The first-order chi connectivity index (χ1) is 13.8. The molecule has 8 heteroatoms. The fourth-order valence-corrected chi connectivity index (χ4v) is 4.29. The molecule has 2 N–H and O–H groups in total. The second-order valence-electron chi connectivity index (χ2n) is 7.21. The lowest BCUT2D eigenvalue weighted by Gasteiger charge is -2.26. The van der Waals surface area contributed by atoms with E-state index in [9.17, 15) is 4.79 Å². The number of guanidine groups is 1. The van der Waals surface area contributed by atoms with Crippen molar-refractivity contribution >= 4 is 23.2 Å². The van der Waals surface area contributed by atoms with Gasteiger partial charge in [-0.15, -0.1) is 11.3 Å². The second-order valence-corrected chi connectivity index (χ2v) is 8.22. The summed E-state index contributed by atoms with van der Waals surface area (Å²) in [6.07, 6.45) is 2.96. The minimum absolute atomic E-state index is 0.0798. The number of amides is 1. The SMILES string of the molecule is CCNC(=NCC(=O)N1CCc2sccc2C1)NCCCOCC1CCOC1. The van der Waals surface area contributed by atoms with Gasteiger partial charge in [0.2, 0.25) is 5.91 Å². The highest BCUT2D eigenvalue weighted by molar-refractivity contribution is 7.10. The zero-order chi connectivity index (χ0) is 19.6. The third kappa shape index (κ3) is 6.46. The van der Waals surface area contributed by atoms with Gasteiger partial charge in [-0.3, -0.25) is 4.79 Å². The number of aliphatic imine (C=N–C) groups is 1. The van der Waals surface area contributed by atoms with Crippen molar-refractivity contribution in [2.45, 2.75) is 32.7 Å². The van der Waals surface area contributed by atoms with E-state index in [1.54, 1.807) is 11.3 Å². The van der Waals surface area contributed by atoms with Crippen LogP contribution in [0.1, 0.15) is 30.2 Å². The van der Waals surface area contributed by atoms with Crippen molar-refractivity contribution in [3.05, 3.63) is 21.9 Å². The number of fused-ring (bicyclic) bond motifs is 1. The van der Waals surface area contributed by atoms with E-state index in [2.05, 4.69) is 27.1 Å². The normalized spacial score (nSPS) is 19.5. The molecule has 1 aromatic heterocycles. The summed E-state index contributed by atoms with van der Waals surface area (Å²) in [6, 6.07) is 2.12. The first-order valence-corrected chi connectivity index (χ1v) is 11.1. The molecular formula is C20H32N4O3S. The van der Waals surface area contributed by atoms with Crippen LogP contribution in [-0.2, 0) is 27.2 Å². The van der Waals surface area contributed by atoms with E-state index in [1.165, 1.54) is 10.4 Å². The molecule has 3 rings (SSSR count). The molecule has 28 heavy (non-hydrogen) atoms. The molecular weight excluding hydrogens is 376 g/mol. The zero-order valence-electron chi connectivity index (χ0n) is 16.7. The summed E-state index contributed by atoms with van der Waals surface area (Å²) in [7, 11) is 0. The number of nitrogens with zero attached hydrogens (tertiary/aromatic N) is 2. The Morgan fingerprint density at radius 2 is 2.39 bits per heavy atom. The Kier molecular flexibility index (Phi) is 8.57. The third-order valence-corrected chi connectivity index (χ3v) is 6.04. The molecule has 1 aromatic rings. The first kappa shape index (κ1) is 21.1. The van der Waals surface area contributed by atoms with Crippen molar-refractivity contribution in [2.24, 2.45) is 10.9 Å². The lowest BCUT2D eigenvalue weighted by molar-refractivity contribution is -0.130. The highest BCUT2D eigenvalue weighted by Gasteiger charge is 2.21. The molecule has 1 amide bonds. The summed E-state index contributed by atoms with van der Waals surface area (Å²) < 4.78 is 11.1. The van der Waals surface area contributed by atoms with E-state index in [0.717, 1.165) is 65.3 Å². The minimum Gasteiger partial charge on any atom is -0.381 e. The molecule has 0 saturated carbocycles. The predicted molar refractivity (Wildman–Crippen MR) is 112 cm³/mol. The highest BCUT2D eigenvalue weighted by Crippen LogP contribution is 2.23. The average molecular weight is 409 g/mol. The van der Waals surface area contributed by atoms with Gasteiger partial charge in [0, 0.05) is 50.2 Å². The van der Waals surface area contributed by atoms with E-state index >= 15 is 0 Å². The van der Waals surface area contributed by atoms with Crippen LogP contribution in [0.4, 0.5) is 0 Å². The molecule has 1 fully saturated rings. The molecule has 2 aliphatic rings. The number of ether oxygens (including phenoxy) is 2. The number of rotatable bonds is 9. The van der Waals surface area contributed by atoms with Crippen LogP contribution < -0.4 is 10.6 Å². The van der Waals surface area contributed by atoms with Crippen molar-refractivity contribution < 1.29 is 14.3 Å². The van der Waals surface area contributed by atoms with Crippen LogP contribution in [0.3, 0.4) is 0 Å². The van der Waals surface area contributed by atoms with Gasteiger partial charge in [-0.05, 0) is 43.2 Å². The van der Waals surface area contributed by atoms with Crippen molar-refractivity contribution in [2.75, 3.05) is 52.6 Å². The van der Waals surface area contributed by atoms with Gasteiger partial charge in [0.05, 0.1) is 13.2 Å². The van der Waals surface area contributed by atoms with Crippen LogP contribution in [-0.4, -0.2) is 69.4 Å². The summed E-state index contributed by atoms with van der Waals surface area (Å²) in [5.41, 5.74) is 1.28. The molecule has 7 nitrogen and oxygen atoms in total. The Hall–Kier alpha value is -1.64. The van der Waals surface area contributed by atoms with Gasteiger partial charge in [-0.25, -0.2) is 4.99 Å². The number of carbonyl (C=O) groups is 1. The third-order valence-electron chi connectivity index (χ3n) is 5.01. The predicted octanol–water partition coefficient (Wildman–Crippen LogP) is 1.63. The molecule has 156 valence electrons. The van der Waals surface area contributed by atoms with Gasteiger partial charge in [-0.2, -0.15) is 0 Å². The van der Waals surface area contributed by atoms with Crippen LogP contribution in [0.15, 0.2) is 16.4 Å². The quantitative estimate of drug-likeness (QED) is 0.369. The van der Waals surface area contributed by atoms with Gasteiger partial charge in [-0.1, -0.05) is 0 Å². The maximum absolute atomic E-state index is 12.5. The van der Waals surface area contributed by atoms with Gasteiger partial charge in [0.1, 0.15) is 6.54 Å². The van der Waals surface area contributed by atoms with Crippen LogP contribution >= 0.6 is 11.3 Å². The lowest BCUT2D eigenvalue weighted by Crippen LogP contribution is -2.40. The molecule has 0 spiro atoms. The van der Waals surface area contributed by atoms with E-state index < -0.39 is 0 Å². The number of hydrogen-bond acceptors (Lipinski definition) is 5. The number of hydrogen-bond donors (Lipinski definition) is 2. The summed E-state index contributed by atoms with van der Waals surface area (Å²) in [5, 5.41) is 8.59. The fraction of sp³-hybridized carbons (Fsp3) is 0.700. The van der Waals surface area contributed by atoms with E-state index in [0.29, 0.717) is 18.4 Å². The van der Waals surface area contributed by atoms with E-state index in [4.69, 9.17) is 9.47 Å². The number of carbonyl (C=O) groups excluding carboxylic acids is 1. The first-order valence-electron chi connectivity index (χ1n) is 10.3. The summed E-state index contributed by atoms with van der Waals surface area (Å²) in [5.74, 6) is 1.32. The van der Waals surface area contributed by atoms with E-state index in [-0.39, 0.29) is 12.5 Å². The smallest absolute Gasteiger partial charge is 0.244 e. The molecule has 2 aliphatic heterocycles. The Balaban J connectivity index is 1.34. The summed E-state index contributed by atoms with van der Waals surface area (Å²) >= 11 is 1.78. The maximum atomic E-state index is 12.5. The summed E-state index contributed by atoms with van der Waals surface area (Å²) in [6.45, 7) is 8.42.